The zero-order valence-electron chi connectivity index (χ0n) is 13.4. The summed E-state index contributed by atoms with van der Waals surface area (Å²) < 4.78 is 0. The highest BCUT2D eigenvalue weighted by molar-refractivity contribution is 5.92. The summed E-state index contributed by atoms with van der Waals surface area (Å²) in [5.41, 5.74) is 1.70. The number of ketones is 1. The Kier molecular flexibility index (Phi) is 2.96. The van der Waals surface area contributed by atoms with Crippen LogP contribution in [0.25, 0.3) is 0 Å². The number of fused-ring (bicyclic) bond motifs is 5. The highest BCUT2D eigenvalue weighted by atomic mass is 16.3. The van der Waals surface area contributed by atoms with Gasteiger partial charge in [-0.1, -0.05) is 25.8 Å². The number of hydrogen-bond acceptors (Lipinski definition) is 2. The van der Waals surface area contributed by atoms with Crippen LogP contribution in [0.1, 0.15) is 65.2 Å². The van der Waals surface area contributed by atoms with Gasteiger partial charge in [-0.25, -0.2) is 0 Å². The Balaban J connectivity index is 1.73. The molecule has 0 aromatic carbocycles. The Morgan fingerprint density at radius 1 is 1.14 bits per heavy atom. The second-order valence-electron chi connectivity index (χ2n) is 8.64. The Hall–Kier alpha value is -0.630. The van der Waals surface area contributed by atoms with Crippen molar-refractivity contribution in [3.05, 3.63) is 11.6 Å². The molecule has 0 aromatic rings. The molecule has 0 aliphatic heterocycles. The molecule has 116 valence electrons. The Labute approximate surface area is 128 Å². The van der Waals surface area contributed by atoms with Gasteiger partial charge in [-0.05, 0) is 67.8 Å². The minimum atomic E-state index is -0.455. The van der Waals surface area contributed by atoms with Gasteiger partial charge in [-0.2, -0.15) is 0 Å². The van der Waals surface area contributed by atoms with Gasteiger partial charge in [0.1, 0.15) is 0 Å². The van der Waals surface area contributed by atoms with Crippen LogP contribution in [0.2, 0.25) is 0 Å². The summed E-state index contributed by atoms with van der Waals surface area (Å²) in [7, 11) is 0. The highest BCUT2D eigenvalue weighted by Crippen LogP contribution is 2.65. The van der Waals surface area contributed by atoms with Crippen LogP contribution in [0.15, 0.2) is 11.6 Å². The smallest absolute Gasteiger partial charge is 0.158 e. The molecule has 4 rings (SSSR count). The van der Waals surface area contributed by atoms with E-state index in [-0.39, 0.29) is 11.2 Å². The molecule has 0 amide bonds. The van der Waals surface area contributed by atoms with Crippen LogP contribution in [0, 0.1) is 28.6 Å². The summed E-state index contributed by atoms with van der Waals surface area (Å²) in [5.74, 6) is 2.36. The minimum absolute atomic E-state index is 0.124. The van der Waals surface area contributed by atoms with Crippen LogP contribution in [0.4, 0.5) is 0 Å². The Bertz CT molecular complexity index is 508. The van der Waals surface area contributed by atoms with Gasteiger partial charge >= 0.3 is 0 Å². The lowest BCUT2D eigenvalue weighted by Crippen LogP contribution is -2.54. The van der Waals surface area contributed by atoms with E-state index in [1.54, 1.807) is 0 Å². The first kappa shape index (κ1) is 14.0. The lowest BCUT2D eigenvalue weighted by molar-refractivity contribution is -0.126. The van der Waals surface area contributed by atoms with E-state index in [1.807, 2.05) is 6.08 Å². The molecule has 2 heteroatoms. The average Bonchev–Trinajstić information content (AvgIpc) is 2.82. The SMILES string of the molecule is C[C@@]12CCC[C@H]1[C@@H]1CCC3=CC(=O)CC(O)[C@]3(C)[C@@H]1CC2. The first-order valence-corrected chi connectivity index (χ1v) is 8.87. The van der Waals surface area contributed by atoms with Crippen molar-refractivity contribution in [1.82, 2.24) is 0 Å². The number of hydrogen-bond donors (Lipinski definition) is 1. The van der Waals surface area contributed by atoms with Crippen molar-refractivity contribution in [3.63, 3.8) is 0 Å². The van der Waals surface area contributed by atoms with Crippen molar-refractivity contribution < 1.29 is 9.90 Å². The van der Waals surface area contributed by atoms with E-state index in [1.165, 1.54) is 44.1 Å². The predicted molar refractivity (Wildman–Crippen MR) is 82.7 cm³/mol. The second kappa shape index (κ2) is 4.44. The molecule has 6 atom stereocenters. The van der Waals surface area contributed by atoms with Gasteiger partial charge in [0.05, 0.1) is 6.10 Å². The minimum Gasteiger partial charge on any atom is -0.392 e. The Morgan fingerprint density at radius 3 is 2.76 bits per heavy atom. The summed E-state index contributed by atoms with van der Waals surface area (Å²) in [6.45, 7) is 4.76. The fourth-order valence-electron chi connectivity index (χ4n) is 6.60. The molecule has 0 heterocycles. The van der Waals surface area contributed by atoms with Crippen LogP contribution in [-0.2, 0) is 4.79 Å². The number of carbonyl (C=O) groups is 1. The molecular weight excluding hydrogens is 260 g/mol. The van der Waals surface area contributed by atoms with Gasteiger partial charge in [0.25, 0.3) is 0 Å². The van der Waals surface area contributed by atoms with E-state index in [2.05, 4.69) is 13.8 Å². The molecule has 21 heavy (non-hydrogen) atoms. The first-order valence-electron chi connectivity index (χ1n) is 8.87. The zero-order valence-corrected chi connectivity index (χ0v) is 13.4. The first-order chi connectivity index (χ1) is 9.95. The third kappa shape index (κ3) is 1.78. The quantitative estimate of drug-likeness (QED) is 0.734. The highest BCUT2D eigenvalue weighted by Gasteiger charge is 2.58. The summed E-state index contributed by atoms with van der Waals surface area (Å²) in [6.07, 6.45) is 10.8. The van der Waals surface area contributed by atoms with Crippen LogP contribution >= 0.6 is 0 Å². The lowest BCUT2D eigenvalue weighted by Gasteiger charge is -2.58. The maximum absolute atomic E-state index is 11.8. The predicted octanol–water partition coefficient (Wildman–Crippen LogP) is 3.88. The molecule has 0 aromatic heterocycles. The number of rotatable bonds is 0. The van der Waals surface area contributed by atoms with Crippen molar-refractivity contribution in [3.8, 4) is 0 Å². The van der Waals surface area contributed by atoms with Crippen LogP contribution in [0.3, 0.4) is 0 Å². The van der Waals surface area contributed by atoms with Gasteiger partial charge in [0, 0.05) is 11.8 Å². The van der Waals surface area contributed by atoms with Gasteiger partial charge < -0.3 is 5.11 Å². The van der Waals surface area contributed by atoms with Gasteiger partial charge in [-0.3, -0.25) is 4.79 Å². The standard InChI is InChI=1S/C19H28O2/c1-18-8-3-4-15(18)14-6-5-12-10-13(20)11-17(21)19(12,2)16(14)7-9-18/h10,14-17,21H,3-9,11H2,1-2H3/t14-,15-,16+,17?,18-,19-/m0/s1. The van der Waals surface area contributed by atoms with E-state index in [0.29, 0.717) is 17.8 Å². The molecule has 0 bridgehead atoms. The molecule has 0 spiro atoms. The molecule has 0 radical (unpaired) electrons. The molecule has 2 nitrogen and oxygen atoms in total. The number of carbonyl (C=O) groups excluding carboxylic acids is 1. The van der Waals surface area contributed by atoms with Crippen molar-refractivity contribution in [2.45, 2.75) is 71.3 Å². The van der Waals surface area contributed by atoms with Crippen molar-refractivity contribution in [2.75, 3.05) is 0 Å². The van der Waals surface area contributed by atoms with Gasteiger partial charge in [0.2, 0.25) is 0 Å². The monoisotopic (exact) mass is 288 g/mol. The molecular formula is C19H28O2. The van der Waals surface area contributed by atoms with E-state index in [4.69, 9.17) is 0 Å². The average molecular weight is 288 g/mol. The second-order valence-corrected chi connectivity index (χ2v) is 8.64. The molecule has 4 aliphatic carbocycles. The zero-order chi connectivity index (χ0) is 14.8. The molecule has 3 fully saturated rings. The summed E-state index contributed by atoms with van der Waals surface area (Å²) >= 11 is 0. The summed E-state index contributed by atoms with van der Waals surface area (Å²) in [6, 6.07) is 0. The molecule has 1 unspecified atom stereocenters. The van der Waals surface area contributed by atoms with Crippen molar-refractivity contribution in [1.29, 1.82) is 0 Å². The molecule has 4 aliphatic rings. The lowest BCUT2D eigenvalue weighted by atomic mass is 9.47. The number of aliphatic hydroxyl groups excluding tert-OH is 1. The number of aliphatic hydroxyl groups is 1. The maximum atomic E-state index is 11.8. The third-order valence-corrected chi connectivity index (χ3v) is 7.85. The largest absolute Gasteiger partial charge is 0.392 e. The fraction of sp³-hybridized carbons (Fsp3) is 0.842. The van der Waals surface area contributed by atoms with Gasteiger partial charge in [0.15, 0.2) is 5.78 Å². The van der Waals surface area contributed by atoms with E-state index in [0.717, 1.165) is 18.3 Å². The summed E-state index contributed by atoms with van der Waals surface area (Å²) in [4.78, 5) is 11.8. The van der Waals surface area contributed by atoms with E-state index < -0.39 is 6.10 Å². The van der Waals surface area contributed by atoms with Crippen molar-refractivity contribution in [2.24, 2.45) is 28.6 Å². The topological polar surface area (TPSA) is 37.3 Å². The molecule has 3 saturated carbocycles. The van der Waals surface area contributed by atoms with Crippen molar-refractivity contribution >= 4 is 5.78 Å². The van der Waals surface area contributed by atoms with Crippen LogP contribution < -0.4 is 0 Å². The normalized spacial score (nSPS) is 52.7. The van der Waals surface area contributed by atoms with Gasteiger partial charge in [-0.15, -0.1) is 0 Å². The third-order valence-electron chi connectivity index (χ3n) is 7.85. The van der Waals surface area contributed by atoms with E-state index in [9.17, 15) is 9.90 Å². The van der Waals surface area contributed by atoms with Crippen LogP contribution in [0.5, 0.6) is 0 Å². The summed E-state index contributed by atoms with van der Waals surface area (Å²) in [5, 5.41) is 10.7. The van der Waals surface area contributed by atoms with Crippen LogP contribution in [-0.4, -0.2) is 17.0 Å². The van der Waals surface area contributed by atoms with E-state index >= 15 is 0 Å². The fourth-order valence-corrected chi connectivity index (χ4v) is 6.60. The Morgan fingerprint density at radius 2 is 1.95 bits per heavy atom. The molecule has 1 N–H and O–H groups in total. The molecule has 0 saturated heterocycles. The maximum Gasteiger partial charge on any atom is 0.158 e.